The average Bonchev–Trinajstić information content (AvgIpc) is 3.27. The van der Waals surface area contributed by atoms with Crippen molar-refractivity contribution in [3.8, 4) is 5.69 Å². The van der Waals surface area contributed by atoms with Gasteiger partial charge in [-0.25, -0.2) is 0 Å². The summed E-state index contributed by atoms with van der Waals surface area (Å²) in [6.45, 7) is 7.05. The number of hydrogen-bond acceptors (Lipinski definition) is 7. The van der Waals surface area contributed by atoms with E-state index in [1.165, 1.54) is 11.8 Å². The van der Waals surface area contributed by atoms with Gasteiger partial charge in [0.1, 0.15) is 0 Å². The summed E-state index contributed by atoms with van der Waals surface area (Å²) in [5.41, 5.74) is 2.54. The number of benzene rings is 2. The van der Waals surface area contributed by atoms with Crippen LogP contribution in [0.25, 0.3) is 5.69 Å². The number of carbonyl (C=O) groups is 1. The molecule has 0 aliphatic carbocycles. The van der Waals surface area contributed by atoms with Crippen molar-refractivity contribution in [2.75, 3.05) is 48.7 Å². The van der Waals surface area contributed by atoms with Gasteiger partial charge in [0.15, 0.2) is 0 Å². The second kappa shape index (κ2) is 10.7. The zero-order chi connectivity index (χ0) is 22.5. The second-order valence-corrected chi connectivity index (χ2v) is 9.56. The first kappa shape index (κ1) is 23.0. The van der Waals surface area contributed by atoms with E-state index in [9.17, 15) is 4.79 Å². The number of likely N-dealkylation sites (N-methyl/N-ethyl adjacent to an activating group) is 1. The Morgan fingerprint density at radius 2 is 1.91 bits per heavy atom. The van der Waals surface area contributed by atoms with E-state index in [1.54, 1.807) is 10.7 Å². The lowest BCUT2D eigenvalue weighted by Gasteiger charge is -2.36. The molecule has 1 saturated heterocycles. The molecule has 1 aliphatic heterocycles. The van der Waals surface area contributed by atoms with E-state index in [-0.39, 0.29) is 11.7 Å². The molecular formula is C21H23BrClN7OS. The number of amides is 1. The fourth-order valence-electron chi connectivity index (χ4n) is 3.52. The molecular weight excluding hydrogens is 514 g/mol. The van der Waals surface area contributed by atoms with Gasteiger partial charge >= 0.3 is 0 Å². The first-order valence-corrected chi connectivity index (χ1v) is 12.4. The first-order chi connectivity index (χ1) is 15.5. The van der Waals surface area contributed by atoms with Crippen molar-refractivity contribution in [3.05, 3.63) is 52.0 Å². The third kappa shape index (κ3) is 5.61. The quantitative estimate of drug-likeness (QED) is 0.458. The number of carbonyl (C=O) groups excluding carboxylic acids is 1. The van der Waals surface area contributed by atoms with Gasteiger partial charge < -0.3 is 15.1 Å². The molecule has 0 spiro atoms. The SMILES string of the molecule is CCN1CCN(c2ccc(Cl)cc2NC(=O)CSc2nnnn2-c2ccc(Br)cc2)CC1. The predicted molar refractivity (Wildman–Crippen MR) is 132 cm³/mol. The molecule has 1 aromatic heterocycles. The Morgan fingerprint density at radius 3 is 2.62 bits per heavy atom. The summed E-state index contributed by atoms with van der Waals surface area (Å²) in [4.78, 5) is 17.5. The maximum atomic E-state index is 12.8. The Kier molecular flexibility index (Phi) is 7.67. The summed E-state index contributed by atoms with van der Waals surface area (Å²) in [6, 6.07) is 13.3. The molecule has 1 amide bonds. The van der Waals surface area contributed by atoms with E-state index in [0.717, 1.165) is 54.3 Å². The molecule has 1 aliphatic rings. The fraction of sp³-hybridized carbons (Fsp3) is 0.333. The minimum atomic E-state index is -0.143. The van der Waals surface area contributed by atoms with E-state index < -0.39 is 0 Å². The average molecular weight is 537 g/mol. The summed E-state index contributed by atoms with van der Waals surface area (Å²) in [5, 5.41) is 16.0. The molecule has 0 saturated carbocycles. The Hall–Kier alpha value is -2.14. The van der Waals surface area contributed by atoms with Crippen molar-refractivity contribution in [3.63, 3.8) is 0 Å². The number of rotatable bonds is 7. The minimum absolute atomic E-state index is 0.143. The Morgan fingerprint density at radius 1 is 1.16 bits per heavy atom. The van der Waals surface area contributed by atoms with E-state index >= 15 is 0 Å². The van der Waals surface area contributed by atoms with Gasteiger partial charge in [-0.2, -0.15) is 4.68 Å². The maximum absolute atomic E-state index is 12.8. The van der Waals surface area contributed by atoms with Crippen molar-refractivity contribution in [1.29, 1.82) is 0 Å². The third-order valence-corrected chi connectivity index (χ3v) is 6.92. The summed E-state index contributed by atoms with van der Waals surface area (Å²) < 4.78 is 2.58. The van der Waals surface area contributed by atoms with Crippen molar-refractivity contribution >= 4 is 56.6 Å². The molecule has 2 heterocycles. The maximum Gasteiger partial charge on any atom is 0.234 e. The van der Waals surface area contributed by atoms with Gasteiger partial charge in [-0.15, -0.1) is 5.10 Å². The van der Waals surface area contributed by atoms with Crippen LogP contribution >= 0.6 is 39.3 Å². The van der Waals surface area contributed by atoms with Crippen LogP contribution in [-0.2, 0) is 4.79 Å². The Balaban J connectivity index is 1.42. The lowest BCUT2D eigenvalue weighted by atomic mass is 10.2. The monoisotopic (exact) mass is 535 g/mol. The molecule has 1 fully saturated rings. The van der Waals surface area contributed by atoms with Crippen LogP contribution in [0.4, 0.5) is 11.4 Å². The normalized spacial score (nSPS) is 14.5. The predicted octanol–water partition coefficient (Wildman–Crippen LogP) is 3.95. The first-order valence-electron chi connectivity index (χ1n) is 10.3. The molecule has 3 aromatic rings. The number of piperazine rings is 1. The molecule has 32 heavy (non-hydrogen) atoms. The molecule has 0 radical (unpaired) electrons. The van der Waals surface area contributed by atoms with Crippen LogP contribution in [0.2, 0.25) is 5.02 Å². The van der Waals surface area contributed by atoms with Gasteiger partial charge in [0, 0.05) is 35.7 Å². The van der Waals surface area contributed by atoms with E-state index in [1.807, 2.05) is 36.4 Å². The third-order valence-electron chi connectivity index (χ3n) is 5.24. The lowest BCUT2D eigenvalue weighted by molar-refractivity contribution is -0.113. The van der Waals surface area contributed by atoms with E-state index in [2.05, 4.69) is 53.5 Å². The molecule has 4 rings (SSSR count). The van der Waals surface area contributed by atoms with Gasteiger partial charge in [-0.3, -0.25) is 4.79 Å². The lowest BCUT2D eigenvalue weighted by Crippen LogP contribution is -2.46. The highest BCUT2D eigenvalue weighted by Gasteiger charge is 2.20. The van der Waals surface area contributed by atoms with Gasteiger partial charge in [0.2, 0.25) is 11.1 Å². The largest absolute Gasteiger partial charge is 0.367 e. The second-order valence-electron chi connectivity index (χ2n) is 7.27. The van der Waals surface area contributed by atoms with Crippen LogP contribution in [0.3, 0.4) is 0 Å². The number of aromatic nitrogens is 4. The smallest absolute Gasteiger partial charge is 0.234 e. The van der Waals surface area contributed by atoms with Gasteiger partial charge in [0.25, 0.3) is 0 Å². The minimum Gasteiger partial charge on any atom is -0.367 e. The van der Waals surface area contributed by atoms with Crippen LogP contribution in [0.15, 0.2) is 52.1 Å². The van der Waals surface area contributed by atoms with Crippen molar-refractivity contribution < 1.29 is 4.79 Å². The highest BCUT2D eigenvalue weighted by molar-refractivity contribution is 9.10. The number of hydrogen-bond donors (Lipinski definition) is 1. The molecule has 0 unspecified atom stereocenters. The number of tetrazole rings is 1. The van der Waals surface area contributed by atoms with Gasteiger partial charge in [-0.1, -0.05) is 46.2 Å². The summed E-state index contributed by atoms with van der Waals surface area (Å²) in [7, 11) is 0. The molecule has 11 heteroatoms. The van der Waals surface area contributed by atoms with Crippen molar-refractivity contribution in [2.45, 2.75) is 12.1 Å². The Labute approximate surface area is 204 Å². The number of halogens is 2. The van der Waals surface area contributed by atoms with E-state index in [4.69, 9.17) is 11.6 Å². The Bertz CT molecular complexity index is 1070. The number of nitrogens with one attached hydrogen (secondary N) is 1. The molecule has 2 aromatic carbocycles. The number of anilines is 2. The van der Waals surface area contributed by atoms with Crippen LogP contribution in [0.5, 0.6) is 0 Å². The van der Waals surface area contributed by atoms with E-state index in [0.29, 0.717) is 10.2 Å². The molecule has 1 N–H and O–H groups in total. The van der Waals surface area contributed by atoms with Crippen LogP contribution in [0, 0.1) is 0 Å². The number of thioether (sulfide) groups is 1. The molecule has 168 valence electrons. The van der Waals surface area contributed by atoms with Gasteiger partial charge in [-0.05, 0) is 59.4 Å². The summed E-state index contributed by atoms with van der Waals surface area (Å²) >= 11 is 10.9. The van der Waals surface area contributed by atoms with Crippen LogP contribution in [0.1, 0.15) is 6.92 Å². The zero-order valence-corrected chi connectivity index (χ0v) is 20.7. The molecule has 0 atom stereocenters. The van der Waals surface area contributed by atoms with Crippen LogP contribution in [-0.4, -0.2) is 69.5 Å². The fourth-order valence-corrected chi connectivity index (χ4v) is 4.65. The van der Waals surface area contributed by atoms with Crippen molar-refractivity contribution in [1.82, 2.24) is 25.1 Å². The number of nitrogens with zero attached hydrogens (tertiary/aromatic N) is 6. The van der Waals surface area contributed by atoms with Crippen molar-refractivity contribution in [2.24, 2.45) is 0 Å². The highest BCUT2D eigenvalue weighted by atomic mass is 79.9. The van der Waals surface area contributed by atoms with Crippen LogP contribution < -0.4 is 10.2 Å². The summed E-state index contributed by atoms with van der Waals surface area (Å²) in [6.07, 6.45) is 0. The topological polar surface area (TPSA) is 79.2 Å². The van der Waals surface area contributed by atoms with Gasteiger partial charge in [0.05, 0.1) is 22.8 Å². The molecule has 0 bridgehead atoms. The standard InChI is InChI=1S/C21H23BrClN7OS/c1-2-28-9-11-29(12-10-28)19-8-5-16(23)13-18(19)24-20(31)14-32-21-25-26-27-30(21)17-6-3-15(22)4-7-17/h3-8,13H,2,9-12,14H2,1H3,(H,24,31). The molecule has 8 nitrogen and oxygen atoms in total. The summed E-state index contributed by atoms with van der Waals surface area (Å²) in [5.74, 6) is 0.0306. The highest BCUT2D eigenvalue weighted by Crippen LogP contribution is 2.30. The zero-order valence-electron chi connectivity index (χ0n) is 17.5.